The second-order valence-corrected chi connectivity index (χ2v) is 2.74. The molecule has 0 saturated carbocycles. The number of rotatable bonds is 1. The van der Waals surface area contributed by atoms with Crippen LogP contribution in [0.4, 0.5) is 0 Å². The van der Waals surface area contributed by atoms with Gasteiger partial charge in [-0.15, -0.1) is 0 Å². The second kappa shape index (κ2) is 2.90. The lowest BCUT2D eigenvalue weighted by Crippen LogP contribution is -2.03. The molecule has 0 amide bonds. The van der Waals surface area contributed by atoms with Gasteiger partial charge in [-0.3, -0.25) is 0 Å². The van der Waals surface area contributed by atoms with Gasteiger partial charge in [0.25, 0.3) is 0 Å². The highest BCUT2D eigenvalue weighted by Crippen LogP contribution is 2.23. The van der Waals surface area contributed by atoms with Gasteiger partial charge in [-0.2, -0.15) is 0 Å². The molecule has 1 N–H and O–H groups in total. The van der Waals surface area contributed by atoms with Crippen molar-refractivity contribution in [3.63, 3.8) is 0 Å². The van der Waals surface area contributed by atoms with Crippen LogP contribution in [0.15, 0.2) is 11.8 Å². The van der Waals surface area contributed by atoms with Gasteiger partial charge in [0, 0.05) is 6.42 Å². The molecule has 0 radical (unpaired) electrons. The minimum absolute atomic E-state index is 0.597. The van der Waals surface area contributed by atoms with Gasteiger partial charge in [0.05, 0.1) is 5.76 Å². The van der Waals surface area contributed by atoms with E-state index in [-0.39, 0.29) is 0 Å². The molecule has 0 fully saturated rings. The maximum Gasteiger partial charge on any atom is 0.0883 e. The predicted octanol–water partition coefficient (Wildman–Crippen LogP) is 2.64. The minimum Gasteiger partial charge on any atom is -0.513 e. The Morgan fingerprint density at radius 2 is 2.56 bits per heavy atom. The summed E-state index contributed by atoms with van der Waals surface area (Å²) in [5.41, 5.74) is 0. The molecule has 1 aliphatic carbocycles. The van der Waals surface area contributed by atoms with Gasteiger partial charge in [0.2, 0.25) is 0 Å². The maximum atomic E-state index is 8.98. The van der Waals surface area contributed by atoms with E-state index < -0.39 is 0 Å². The summed E-state index contributed by atoms with van der Waals surface area (Å²) in [5, 5.41) is 8.98. The Morgan fingerprint density at radius 3 is 3.00 bits per heavy atom. The Kier molecular flexibility index (Phi) is 2.15. The molecule has 0 saturated heterocycles. The third-order valence-electron chi connectivity index (χ3n) is 2.07. The third kappa shape index (κ3) is 1.74. The van der Waals surface area contributed by atoms with E-state index in [1.165, 1.54) is 12.8 Å². The average Bonchev–Trinajstić information content (AvgIpc) is 1.90. The first-order chi connectivity index (χ1) is 4.33. The van der Waals surface area contributed by atoms with Crippen molar-refractivity contribution in [3.8, 4) is 0 Å². The number of hydrogen-bond acceptors (Lipinski definition) is 1. The molecule has 1 aliphatic rings. The van der Waals surface area contributed by atoms with E-state index in [1.54, 1.807) is 0 Å². The fraction of sp³-hybridized carbons (Fsp3) is 0.750. The van der Waals surface area contributed by atoms with Crippen LogP contribution in [0, 0.1) is 5.92 Å². The molecule has 1 atom stereocenters. The van der Waals surface area contributed by atoms with Crippen molar-refractivity contribution in [2.75, 3.05) is 0 Å². The molecule has 1 rings (SSSR count). The summed E-state index contributed by atoms with van der Waals surface area (Å²) < 4.78 is 0. The van der Waals surface area contributed by atoms with Gasteiger partial charge in [-0.05, 0) is 24.8 Å². The van der Waals surface area contributed by atoms with E-state index >= 15 is 0 Å². The van der Waals surface area contributed by atoms with E-state index in [0.717, 1.165) is 18.8 Å². The van der Waals surface area contributed by atoms with Crippen molar-refractivity contribution in [3.05, 3.63) is 11.8 Å². The Bertz CT molecular complexity index is 116. The van der Waals surface area contributed by atoms with Crippen LogP contribution < -0.4 is 0 Å². The monoisotopic (exact) mass is 126 g/mol. The number of hydrogen-bond donors (Lipinski definition) is 1. The van der Waals surface area contributed by atoms with Crippen LogP contribution in [-0.4, -0.2) is 5.11 Å². The van der Waals surface area contributed by atoms with Crippen LogP contribution in [0.1, 0.15) is 32.6 Å². The largest absolute Gasteiger partial charge is 0.513 e. The summed E-state index contributed by atoms with van der Waals surface area (Å²) in [6.45, 7) is 2.21. The van der Waals surface area contributed by atoms with Gasteiger partial charge in [0.15, 0.2) is 0 Å². The van der Waals surface area contributed by atoms with E-state index in [4.69, 9.17) is 5.11 Å². The topological polar surface area (TPSA) is 20.2 Å². The zero-order valence-corrected chi connectivity index (χ0v) is 5.93. The van der Waals surface area contributed by atoms with Crippen LogP contribution in [0.5, 0.6) is 0 Å². The fourth-order valence-corrected chi connectivity index (χ4v) is 1.25. The van der Waals surface area contributed by atoms with E-state index in [0.29, 0.717) is 5.76 Å². The number of aliphatic hydroxyl groups excluding tert-OH is 1. The summed E-state index contributed by atoms with van der Waals surface area (Å²) >= 11 is 0. The second-order valence-electron chi connectivity index (χ2n) is 2.74. The highest BCUT2D eigenvalue weighted by atomic mass is 16.3. The molecule has 0 aromatic carbocycles. The molecule has 0 bridgehead atoms. The Balaban J connectivity index is 2.36. The number of aliphatic hydroxyl groups is 1. The van der Waals surface area contributed by atoms with Crippen molar-refractivity contribution in [1.82, 2.24) is 0 Å². The van der Waals surface area contributed by atoms with E-state index in [2.05, 4.69) is 6.92 Å². The molecule has 0 aromatic heterocycles. The fourth-order valence-electron chi connectivity index (χ4n) is 1.25. The quantitative estimate of drug-likeness (QED) is 0.572. The molecule has 0 spiro atoms. The highest BCUT2D eigenvalue weighted by Gasteiger charge is 2.10. The summed E-state index contributed by atoms with van der Waals surface area (Å²) in [6.07, 6.45) is 6.38. The molecule has 0 aliphatic heterocycles. The molecule has 0 aromatic rings. The lowest BCUT2D eigenvalue weighted by molar-refractivity contribution is 0.332. The Morgan fingerprint density at radius 1 is 1.78 bits per heavy atom. The smallest absolute Gasteiger partial charge is 0.0883 e. The molecule has 1 heteroatoms. The van der Waals surface area contributed by atoms with Crippen LogP contribution >= 0.6 is 0 Å². The zero-order valence-electron chi connectivity index (χ0n) is 5.93. The van der Waals surface area contributed by atoms with Gasteiger partial charge in [0.1, 0.15) is 0 Å². The lowest BCUT2D eigenvalue weighted by Gasteiger charge is -2.16. The Labute approximate surface area is 56.4 Å². The summed E-state index contributed by atoms with van der Waals surface area (Å²) in [6, 6.07) is 0. The third-order valence-corrected chi connectivity index (χ3v) is 2.07. The first-order valence-corrected chi connectivity index (χ1v) is 3.71. The molecule has 1 nitrogen and oxygen atoms in total. The van der Waals surface area contributed by atoms with Gasteiger partial charge in [-0.1, -0.05) is 13.3 Å². The van der Waals surface area contributed by atoms with Gasteiger partial charge >= 0.3 is 0 Å². The van der Waals surface area contributed by atoms with Crippen LogP contribution in [0.25, 0.3) is 0 Å². The van der Waals surface area contributed by atoms with Crippen molar-refractivity contribution in [2.24, 2.45) is 5.92 Å². The molecule has 9 heavy (non-hydrogen) atoms. The normalized spacial score (nSPS) is 27.7. The van der Waals surface area contributed by atoms with Crippen molar-refractivity contribution >= 4 is 0 Å². The van der Waals surface area contributed by atoms with Crippen LogP contribution in [0.2, 0.25) is 0 Å². The van der Waals surface area contributed by atoms with Crippen LogP contribution in [-0.2, 0) is 0 Å². The SMILES string of the molecule is CC[C@H]1CC=C(O)CC1. The summed E-state index contributed by atoms with van der Waals surface area (Å²) in [7, 11) is 0. The molecular weight excluding hydrogens is 112 g/mol. The van der Waals surface area contributed by atoms with Crippen molar-refractivity contribution in [2.45, 2.75) is 32.6 Å². The standard InChI is InChI=1S/C8H14O/c1-2-7-3-5-8(9)6-4-7/h5,7,9H,2-4,6H2,1H3/t7-/m0/s1. The Hall–Kier alpha value is -0.460. The molecule has 0 unspecified atom stereocenters. The lowest BCUT2D eigenvalue weighted by atomic mass is 9.91. The van der Waals surface area contributed by atoms with E-state index in [1.807, 2.05) is 6.08 Å². The van der Waals surface area contributed by atoms with Crippen molar-refractivity contribution < 1.29 is 5.11 Å². The number of allylic oxidation sites excluding steroid dienone is 2. The van der Waals surface area contributed by atoms with Gasteiger partial charge < -0.3 is 5.11 Å². The average molecular weight is 126 g/mol. The predicted molar refractivity (Wildman–Crippen MR) is 38.3 cm³/mol. The van der Waals surface area contributed by atoms with E-state index in [9.17, 15) is 0 Å². The molecule has 52 valence electrons. The molecule has 0 heterocycles. The molecular formula is C8H14O. The first-order valence-electron chi connectivity index (χ1n) is 3.71. The zero-order chi connectivity index (χ0) is 6.69. The summed E-state index contributed by atoms with van der Waals surface area (Å²) in [4.78, 5) is 0. The summed E-state index contributed by atoms with van der Waals surface area (Å²) in [5.74, 6) is 1.43. The van der Waals surface area contributed by atoms with Gasteiger partial charge in [-0.25, -0.2) is 0 Å². The maximum absolute atomic E-state index is 8.98. The van der Waals surface area contributed by atoms with Crippen molar-refractivity contribution in [1.29, 1.82) is 0 Å². The van der Waals surface area contributed by atoms with Crippen LogP contribution in [0.3, 0.4) is 0 Å². The minimum atomic E-state index is 0.597. The highest BCUT2D eigenvalue weighted by molar-refractivity contribution is 4.96. The first kappa shape index (κ1) is 6.66.